The van der Waals surface area contributed by atoms with E-state index in [9.17, 15) is 9.59 Å². The van der Waals surface area contributed by atoms with Crippen molar-refractivity contribution in [3.05, 3.63) is 23.7 Å². The summed E-state index contributed by atoms with van der Waals surface area (Å²) in [5, 5.41) is 0. The maximum absolute atomic E-state index is 11.6. The minimum absolute atomic E-state index is 0.257. The van der Waals surface area contributed by atoms with E-state index in [1.54, 1.807) is 45.8 Å². The van der Waals surface area contributed by atoms with Crippen molar-refractivity contribution in [2.75, 3.05) is 19.0 Å². The van der Waals surface area contributed by atoms with Gasteiger partial charge in [-0.25, -0.2) is 14.8 Å². The molecule has 1 aromatic heterocycles. The van der Waals surface area contributed by atoms with Crippen LogP contribution in [-0.4, -0.2) is 41.9 Å². The fourth-order valence-electron chi connectivity index (χ4n) is 1.31. The summed E-state index contributed by atoms with van der Waals surface area (Å²) >= 11 is 0. The molecule has 0 N–H and O–H groups in total. The molecule has 6 nitrogen and oxygen atoms in total. The van der Waals surface area contributed by atoms with Crippen LogP contribution in [0.15, 0.2) is 12.1 Å². The number of anilines is 1. The van der Waals surface area contributed by atoms with Crippen molar-refractivity contribution in [2.45, 2.75) is 26.4 Å². The predicted octanol–water partition coefficient (Wildman–Crippen LogP) is 1.71. The summed E-state index contributed by atoms with van der Waals surface area (Å²) in [6.45, 7) is 5.35. The molecule has 1 aromatic rings. The van der Waals surface area contributed by atoms with Gasteiger partial charge >= 0.3 is 5.97 Å². The van der Waals surface area contributed by atoms with E-state index in [4.69, 9.17) is 4.74 Å². The minimum Gasteiger partial charge on any atom is -0.457 e. The van der Waals surface area contributed by atoms with Crippen LogP contribution in [0.1, 0.15) is 37.1 Å². The molecule has 0 aliphatic heterocycles. The number of hydrogen-bond donors (Lipinski definition) is 0. The Balaban J connectivity index is 2.94. The lowest BCUT2D eigenvalue weighted by atomic mass is 10.2. The molecule has 1 rings (SSSR count). The van der Waals surface area contributed by atoms with E-state index < -0.39 is 11.6 Å². The second kappa shape index (κ2) is 6.27. The zero-order valence-electron chi connectivity index (χ0n) is 12.4. The maximum Gasteiger partial charge on any atom is 0.331 e. The quantitative estimate of drug-likeness (QED) is 0.474. The second-order valence-corrected chi connectivity index (χ2v) is 5.39. The Kier molecular flexibility index (Phi) is 4.96. The summed E-state index contributed by atoms with van der Waals surface area (Å²) in [5.41, 5.74) is -0.297. The van der Waals surface area contributed by atoms with Crippen molar-refractivity contribution in [1.29, 1.82) is 0 Å². The van der Waals surface area contributed by atoms with Crippen LogP contribution in [0, 0.1) is 0 Å². The number of carbonyl (C=O) groups is 2. The number of nitrogens with zero attached hydrogens (tertiary/aromatic N) is 3. The summed E-state index contributed by atoms with van der Waals surface area (Å²) < 4.78 is 5.13. The van der Waals surface area contributed by atoms with Crippen LogP contribution in [0.4, 0.5) is 5.82 Å². The van der Waals surface area contributed by atoms with E-state index in [1.807, 2.05) is 0 Å². The first-order chi connectivity index (χ1) is 9.21. The van der Waals surface area contributed by atoms with Gasteiger partial charge in [-0.05, 0) is 26.8 Å². The van der Waals surface area contributed by atoms with Gasteiger partial charge in [0.05, 0.1) is 0 Å². The lowest BCUT2D eigenvalue weighted by Gasteiger charge is -2.17. The number of aldehydes is 1. The third kappa shape index (κ3) is 5.17. The molecule has 6 heteroatoms. The summed E-state index contributed by atoms with van der Waals surface area (Å²) in [6.07, 6.45) is 3.31. The molecule has 0 unspecified atom stereocenters. The molecule has 108 valence electrons. The molecule has 0 atom stereocenters. The third-order valence-electron chi connectivity index (χ3n) is 2.10. The number of rotatable bonds is 4. The molecule has 0 aliphatic carbocycles. The summed E-state index contributed by atoms with van der Waals surface area (Å²) in [6, 6.07) is 1.57. The van der Waals surface area contributed by atoms with Gasteiger partial charge < -0.3 is 9.64 Å². The van der Waals surface area contributed by atoms with Crippen molar-refractivity contribution in [1.82, 2.24) is 9.97 Å². The topological polar surface area (TPSA) is 72.4 Å². The Morgan fingerprint density at radius 3 is 2.45 bits per heavy atom. The fourth-order valence-corrected chi connectivity index (χ4v) is 1.31. The number of aromatic nitrogens is 2. The lowest BCUT2D eigenvalue weighted by molar-refractivity contribution is -0.148. The molecule has 1 heterocycles. The van der Waals surface area contributed by atoms with E-state index in [0.29, 0.717) is 12.1 Å². The van der Waals surface area contributed by atoms with Gasteiger partial charge in [0.15, 0.2) is 12.1 Å². The maximum atomic E-state index is 11.6. The Morgan fingerprint density at radius 2 is 1.95 bits per heavy atom. The predicted molar refractivity (Wildman–Crippen MR) is 76.6 cm³/mol. The van der Waals surface area contributed by atoms with Crippen LogP contribution in [0.5, 0.6) is 0 Å². The van der Waals surface area contributed by atoms with Crippen molar-refractivity contribution in [3.8, 4) is 0 Å². The van der Waals surface area contributed by atoms with Gasteiger partial charge in [0, 0.05) is 26.2 Å². The zero-order valence-corrected chi connectivity index (χ0v) is 12.4. The van der Waals surface area contributed by atoms with E-state index in [-0.39, 0.29) is 11.5 Å². The molecule has 0 fully saturated rings. The molecule has 0 aliphatic rings. The largest absolute Gasteiger partial charge is 0.457 e. The minimum atomic E-state index is -0.554. The Hall–Kier alpha value is -2.24. The monoisotopic (exact) mass is 277 g/mol. The zero-order chi connectivity index (χ0) is 15.3. The van der Waals surface area contributed by atoms with Gasteiger partial charge in [-0.2, -0.15) is 0 Å². The number of carbonyl (C=O) groups excluding carboxylic acids is 2. The average molecular weight is 277 g/mol. The number of hydrogen-bond acceptors (Lipinski definition) is 6. The van der Waals surface area contributed by atoms with Gasteiger partial charge in [-0.1, -0.05) is 0 Å². The second-order valence-electron chi connectivity index (χ2n) is 5.39. The molecule has 0 spiro atoms. The van der Waals surface area contributed by atoms with Crippen LogP contribution < -0.4 is 4.90 Å². The first-order valence-corrected chi connectivity index (χ1v) is 6.14. The lowest BCUT2D eigenvalue weighted by Crippen LogP contribution is -2.22. The molecule has 0 saturated carbocycles. The van der Waals surface area contributed by atoms with E-state index in [0.717, 1.165) is 0 Å². The normalized spacial score (nSPS) is 11.4. The van der Waals surface area contributed by atoms with Crippen molar-refractivity contribution in [2.24, 2.45) is 0 Å². The highest BCUT2D eigenvalue weighted by Crippen LogP contribution is 2.11. The summed E-state index contributed by atoms with van der Waals surface area (Å²) in [4.78, 5) is 32.4. The van der Waals surface area contributed by atoms with Crippen LogP contribution in [0.3, 0.4) is 0 Å². The molecule has 20 heavy (non-hydrogen) atoms. The highest BCUT2D eigenvalue weighted by Gasteiger charge is 2.14. The highest BCUT2D eigenvalue weighted by atomic mass is 16.6. The summed E-state index contributed by atoms with van der Waals surface area (Å²) in [5.74, 6) is 0.388. The van der Waals surface area contributed by atoms with Crippen LogP contribution in [-0.2, 0) is 9.53 Å². The van der Waals surface area contributed by atoms with E-state index in [2.05, 4.69) is 9.97 Å². The van der Waals surface area contributed by atoms with E-state index >= 15 is 0 Å². The van der Waals surface area contributed by atoms with Crippen LogP contribution in [0.25, 0.3) is 6.08 Å². The molecule has 0 radical (unpaired) electrons. The first-order valence-electron chi connectivity index (χ1n) is 6.14. The van der Waals surface area contributed by atoms with Crippen LogP contribution in [0.2, 0.25) is 0 Å². The SMILES string of the molecule is CN(C)c1cc(C=O)nc(/C=C/C(=O)OC(C)(C)C)n1. The van der Waals surface area contributed by atoms with Crippen LogP contribution >= 0.6 is 0 Å². The number of esters is 1. The smallest absolute Gasteiger partial charge is 0.331 e. The van der Waals surface area contributed by atoms with Gasteiger partial charge in [0.2, 0.25) is 0 Å². The fraction of sp³-hybridized carbons (Fsp3) is 0.429. The van der Waals surface area contributed by atoms with Crippen molar-refractivity contribution in [3.63, 3.8) is 0 Å². The standard InChI is InChI=1S/C14H19N3O3/c1-14(2,3)20-13(19)7-6-11-15-10(9-18)8-12(16-11)17(4)5/h6-9H,1-5H3/b7-6+. The average Bonchev–Trinajstić information content (AvgIpc) is 2.33. The molecular weight excluding hydrogens is 258 g/mol. The van der Waals surface area contributed by atoms with Crippen molar-refractivity contribution < 1.29 is 14.3 Å². The molecule has 0 aromatic carbocycles. The molecular formula is C14H19N3O3. The van der Waals surface area contributed by atoms with Gasteiger partial charge in [0.1, 0.15) is 17.1 Å². The first kappa shape index (κ1) is 15.8. The number of ether oxygens (including phenoxy) is 1. The Labute approximate surface area is 118 Å². The van der Waals surface area contributed by atoms with Gasteiger partial charge in [-0.15, -0.1) is 0 Å². The van der Waals surface area contributed by atoms with Gasteiger partial charge in [-0.3, -0.25) is 4.79 Å². The van der Waals surface area contributed by atoms with Gasteiger partial charge in [0.25, 0.3) is 0 Å². The Bertz CT molecular complexity index is 531. The third-order valence-corrected chi connectivity index (χ3v) is 2.10. The Morgan fingerprint density at radius 1 is 1.30 bits per heavy atom. The molecule has 0 bridgehead atoms. The summed E-state index contributed by atoms with van der Waals surface area (Å²) in [7, 11) is 3.61. The highest BCUT2D eigenvalue weighted by molar-refractivity contribution is 5.87. The molecule has 0 saturated heterocycles. The molecule has 0 amide bonds. The van der Waals surface area contributed by atoms with Crippen molar-refractivity contribution >= 4 is 24.1 Å². The van der Waals surface area contributed by atoms with E-state index in [1.165, 1.54) is 12.2 Å².